The molecule has 1 aliphatic carbocycles. The summed E-state index contributed by atoms with van der Waals surface area (Å²) in [5.41, 5.74) is 0.571. The molecule has 1 saturated carbocycles. The van der Waals surface area contributed by atoms with Crippen molar-refractivity contribution < 1.29 is 24.8 Å². The molecule has 1 aromatic rings. The van der Waals surface area contributed by atoms with Gasteiger partial charge in [0.25, 0.3) is 0 Å². The van der Waals surface area contributed by atoms with E-state index in [9.17, 15) is 15.3 Å². The first kappa shape index (κ1) is 14.5. The molecule has 2 atom stereocenters. The Morgan fingerprint density at radius 2 is 1.86 bits per heavy atom. The highest BCUT2D eigenvalue weighted by Gasteiger charge is 2.38. The van der Waals surface area contributed by atoms with Crippen LogP contribution in [0.3, 0.4) is 0 Å². The van der Waals surface area contributed by atoms with Crippen molar-refractivity contribution in [3.8, 4) is 17.2 Å². The van der Waals surface area contributed by atoms with Gasteiger partial charge in [-0.2, -0.15) is 0 Å². The summed E-state index contributed by atoms with van der Waals surface area (Å²) in [6.07, 6.45) is 3.63. The second kappa shape index (κ2) is 5.73. The number of benzene rings is 1. The van der Waals surface area contributed by atoms with Gasteiger partial charge in [0.15, 0.2) is 0 Å². The molecule has 0 spiro atoms. The molecule has 1 aliphatic heterocycles. The van der Waals surface area contributed by atoms with Crippen LogP contribution in [-0.4, -0.2) is 40.7 Å². The van der Waals surface area contributed by atoms with Gasteiger partial charge in [-0.05, 0) is 31.6 Å². The molecule has 0 aromatic heterocycles. The van der Waals surface area contributed by atoms with E-state index in [2.05, 4.69) is 0 Å². The van der Waals surface area contributed by atoms with E-state index in [0.717, 1.165) is 25.7 Å². The molecule has 1 aromatic carbocycles. The van der Waals surface area contributed by atoms with Gasteiger partial charge in [0, 0.05) is 31.2 Å². The van der Waals surface area contributed by atoms with Gasteiger partial charge in [-0.25, -0.2) is 0 Å². The standard InChI is InChI=1S/C16H22O5/c1-20-11-4-2-9(3-5-11)16-14(19)8-12-13(18)6-10(17)7-15(12)21-16/h6-7,9,11,14,16-19H,2-5,8H2,1H3/t9?,11?,14-,16-/m1/s1. The van der Waals surface area contributed by atoms with E-state index in [1.54, 1.807) is 7.11 Å². The van der Waals surface area contributed by atoms with Crippen LogP contribution in [0.4, 0.5) is 0 Å². The lowest BCUT2D eigenvalue weighted by molar-refractivity contribution is -0.0390. The monoisotopic (exact) mass is 294 g/mol. The first-order valence-electron chi connectivity index (χ1n) is 7.51. The number of hydrogen-bond acceptors (Lipinski definition) is 5. The lowest BCUT2D eigenvalue weighted by atomic mass is 9.80. The molecular weight excluding hydrogens is 272 g/mol. The molecule has 5 nitrogen and oxygen atoms in total. The number of aliphatic hydroxyl groups excluding tert-OH is 1. The zero-order valence-electron chi connectivity index (χ0n) is 12.2. The summed E-state index contributed by atoms with van der Waals surface area (Å²) in [7, 11) is 1.73. The first-order valence-corrected chi connectivity index (χ1v) is 7.51. The quantitative estimate of drug-likeness (QED) is 0.777. The van der Waals surface area contributed by atoms with E-state index in [4.69, 9.17) is 9.47 Å². The SMILES string of the molecule is COC1CCC([C@H]2Oc3cc(O)cc(O)c3C[C@H]2O)CC1. The van der Waals surface area contributed by atoms with Crippen molar-refractivity contribution in [2.75, 3.05) is 7.11 Å². The van der Waals surface area contributed by atoms with Crippen molar-refractivity contribution in [1.29, 1.82) is 0 Å². The summed E-state index contributed by atoms with van der Waals surface area (Å²) < 4.78 is 11.3. The molecule has 3 N–H and O–H groups in total. The molecule has 5 heteroatoms. The Hall–Kier alpha value is -1.46. The average molecular weight is 294 g/mol. The molecule has 116 valence electrons. The van der Waals surface area contributed by atoms with Crippen LogP contribution in [0.5, 0.6) is 17.2 Å². The molecular formula is C16H22O5. The van der Waals surface area contributed by atoms with E-state index >= 15 is 0 Å². The van der Waals surface area contributed by atoms with Crippen LogP contribution in [0.25, 0.3) is 0 Å². The minimum atomic E-state index is -0.628. The normalized spacial score (nSPS) is 32.3. The third kappa shape index (κ3) is 2.80. The van der Waals surface area contributed by atoms with Crippen molar-refractivity contribution in [3.05, 3.63) is 17.7 Å². The summed E-state index contributed by atoms with van der Waals surface area (Å²) >= 11 is 0. The highest BCUT2D eigenvalue weighted by Crippen LogP contribution is 2.41. The fraction of sp³-hybridized carbons (Fsp3) is 0.625. The molecule has 2 aliphatic rings. The zero-order valence-corrected chi connectivity index (χ0v) is 12.2. The third-order valence-corrected chi connectivity index (χ3v) is 4.74. The number of ether oxygens (including phenoxy) is 2. The summed E-state index contributed by atoms with van der Waals surface area (Å²) in [6, 6.07) is 2.79. The predicted octanol–water partition coefficient (Wildman–Crippen LogP) is 1.97. The molecule has 0 radical (unpaired) electrons. The maximum Gasteiger partial charge on any atom is 0.130 e. The lowest BCUT2D eigenvalue weighted by Crippen LogP contribution is -2.44. The molecule has 1 fully saturated rings. The number of phenols is 2. The topological polar surface area (TPSA) is 79.2 Å². The van der Waals surface area contributed by atoms with Gasteiger partial charge in [-0.15, -0.1) is 0 Å². The van der Waals surface area contributed by atoms with Crippen LogP contribution < -0.4 is 4.74 Å². The van der Waals surface area contributed by atoms with Gasteiger partial charge in [0.1, 0.15) is 23.4 Å². The second-order valence-electron chi connectivity index (χ2n) is 6.07. The first-order chi connectivity index (χ1) is 10.1. The van der Waals surface area contributed by atoms with Gasteiger partial charge < -0.3 is 24.8 Å². The van der Waals surface area contributed by atoms with E-state index in [1.165, 1.54) is 12.1 Å². The number of methoxy groups -OCH3 is 1. The molecule has 0 amide bonds. The van der Waals surface area contributed by atoms with E-state index in [-0.39, 0.29) is 23.5 Å². The fourth-order valence-corrected chi connectivity index (χ4v) is 3.54. The van der Waals surface area contributed by atoms with Crippen molar-refractivity contribution in [2.24, 2.45) is 5.92 Å². The number of rotatable bonds is 2. The Morgan fingerprint density at radius 1 is 1.14 bits per heavy atom. The maximum absolute atomic E-state index is 10.4. The van der Waals surface area contributed by atoms with Gasteiger partial charge in [-0.1, -0.05) is 0 Å². The van der Waals surface area contributed by atoms with Crippen LogP contribution in [-0.2, 0) is 11.2 Å². The summed E-state index contributed by atoms with van der Waals surface area (Å²) in [6.45, 7) is 0. The average Bonchev–Trinajstić information content (AvgIpc) is 2.48. The molecule has 0 bridgehead atoms. The van der Waals surface area contributed by atoms with Crippen LogP contribution in [0.15, 0.2) is 12.1 Å². The molecule has 21 heavy (non-hydrogen) atoms. The minimum absolute atomic E-state index is 0.0226. The second-order valence-corrected chi connectivity index (χ2v) is 6.07. The van der Waals surface area contributed by atoms with Gasteiger partial charge in [0.05, 0.1) is 12.2 Å². The number of phenolic OH excluding ortho intramolecular Hbond substituents is 2. The van der Waals surface area contributed by atoms with Gasteiger partial charge >= 0.3 is 0 Å². The highest BCUT2D eigenvalue weighted by molar-refractivity contribution is 5.51. The van der Waals surface area contributed by atoms with Gasteiger partial charge in [-0.3, -0.25) is 0 Å². The molecule has 1 heterocycles. The number of aromatic hydroxyl groups is 2. The predicted molar refractivity (Wildman–Crippen MR) is 76.7 cm³/mol. The minimum Gasteiger partial charge on any atom is -0.508 e. The number of fused-ring (bicyclic) bond motifs is 1. The largest absolute Gasteiger partial charge is 0.508 e. The Kier molecular flexibility index (Phi) is 3.95. The van der Waals surface area contributed by atoms with E-state index in [1.807, 2.05) is 0 Å². The summed E-state index contributed by atoms with van der Waals surface area (Å²) in [5, 5.41) is 29.8. The lowest BCUT2D eigenvalue weighted by Gasteiger charge is -2.39. The molecule has 0 unspecified atom stereocenters. The van der Waals surface area contributed by atoms with Crippen LogP contribution >= 0.6 is 0 Å². The number of aliphatic hydroxyl groups is 1. The zero-order chi connectivity index (χ0) is 15.0. The van der Waals surface area contributed by atoms with Gasteiger partial charge in [0.2, 0.25) is 0 Å². The van der Waals surface area contributed by atoms with E-state index < -0.39 is 6.10 Å². The smallest absolute Gasteiger partial charge is 0.130 e. The third-order valence-electron chi connectivity index (χ3n) is 4.74. The van der Waals surface area contributed by atoms with Crippen molar-refractivity contribution in [2.45, 2.75) is 50.4 Å². The molecule has 3 rings (SSSR count). The van der Waals surface area contributed by atoms with Crippen LogP contribution in [0, 0.1) is 5.92 Å². The number of hydrogen-bond donors (Lipinski definition) is 3. The van der Waals surface area contributed by atoms with E-state index in [0.29, 0.717) is 23.8 Å². The Labute approximate surface area is 124 Å². The Balaban J connectivity index is 1.76. The Bertz CT molecular complexity index is 508. The van der Waals surface area contributed by atoms with Crippen LogP contribution in [0.2, 0.25) is 0 Å². The highest BCUT2D eigenvalue weighted by atomic mass is 16.5. The van der Waals surface area contributed by atoms with Crippen LogP contribution in [0.1, 0.15) is 31.2 Å². The van der Waals surface area contributed by atoms with Crippen molar-refractivity contribution in [3.63, 3.8) is 0 Å². The Morgan fingerprint density at radius 3 is 2.52 bits per heavy atom. The fourth-order valence-electron chi connectivity index (χ4n) is 3.54. The van der Waals surface area contributed by atoms with Crippen molar-refractivity contribution in [1.82, 2.24) is 0 Å². The summed E-state index contributed by atoms with van der Waals surface area (Å²) in [4.78, 5) is 0. The molecule has 0 saturated heterocycles. The van der Waals surface area contributed by atoms with Crippen molar-refractivity contribution >= 4 is 0 Å². The maximum atomic E-state index is 10.4. The summed E-state index contributed by atoms with van der Waals surface area (Å²) in [5.74, 6) is 0.718.